The van der Waals surface area contributed by atoms with Crippen LogP contribution in [-0.2, 0) is 17.9 Å². The maximum absolute atomic E-state index is 12.3. The molecule has 0 spiro atoms. The molecular formula is C19H21F3N2O2S. The number of thioether (sulfide) groups is 1. The minimum atomic E-state index is -4.29. The highest BCUT2D eigenvalue weighted by atomic mass is 32.2. The number of aryl methyl sites for hydroxylation is 1. The number of nitrogens with one attached hydrogen (secondary N) is 1. The van der Waals surface area contributed by atoms with Crippen molar-refractivity contribution < 1.29 is 22.7 Å². The first-order valence-corrected chi connectivity index (χ1v) is 9.05. The summed E-state index contributed by atoms with van der Waals surface area (Å²) >= 11 is -0.139. The highest BCUT2D eigenvalue weighted by molar-refractivity contribution is 8.00. The number of rotatable bonds is 8. The number of carbonyl (C=O) groups is 1. The van der Waals surface area contributed by atoms with Crippen molar-refractivity contribution in [2.75, 3.05) is 0 Å². The summed E-state index contributed by atoms with van der Waals surface area (Å²) in [6.07, 6.45) is 0. The summed E-state index contributed by atoms with van der Waals surface area (Å²) in [6.45, 7) is 4.36. The fraction of sp³-hybridized carbons (Fsp3) is 0.316. The van der Waals surface area contributed by atoms with Gasteiger partial charge >= 0.3 is 5.51 Å². The fourth-order valence-corrected chi connectivity index (χ4v) is 2.84. The molecule has 27 heavy (non-hydrogen) atoms. The van der Waals surface area contributed by atoms with Crippen LogP contribution in [0.25, 0.3) is 0 Å². The molecule has 1 atom stereocenters. The molecule has 2 aromatic rings. The molecule has 0 aromatic heterocycles. The second kappa shape index (κ2) is 9.14. The number of halogens is 3. The Morgan fingerprint density at radius 3 is 2.37 bits per heavy atom. The van der Waals surface area contributed by atoms with Gasteiger partial charge in [-0.2, -0.15) is 13.2 Å². The topological polar surface area (TPSA) is 64.3 Å². The first-order chi connectivity index (χ1) is 12.6. The lowest BCUT2D eigenvalue weighted by Crippen LogP contribution is -2.38. The quantitative estimate of drug-likeness (QED) is 0.656. The van der Waals surface area contributed by atoms with Crippen molar-refractivity contribution in [3.8, 4) is 5.75 Å². The van der Waals surface area contributed by atoms with Crippen molar-refractivity contribution in [2.24, 2.45) is 5.73 Å². The van der Waals surface area contributed by atoms with Crippen molar-refractivity contribution in [1.82, 2.24) is 5.32 Å². The molecule has 2 rings (SSSR count). The van der Waals surface area contributed by atoms with Gasteiger partial charge < -0.3 is 15.8 Å². The zero-order chi connectivity index (χ0) is 20.0. The van der Waals surface area contributed by atoms with Crippen molar-refractivity contribution in [3.05, 3.63) is 59.2 Å². The number of nitrogens with two attached hydrogens (primary N) is 1. The molecule has 0 saturated heterocycles. The third kappa shape index (κ3) is 7.15. The maximum atomic E-state index is 12.3. The molecule has 0 aliphatic rings. The van der Waals surface area contributed by atoms with E-state index in [0.717, 1.165) is 16.7 Å². The largest absolute Gasteiger partial charge is 0.489 e. The van der Waals surface area contributed by atoms with E-state index in [0.29, 0.717) is 12.3 Å². The van der Waals surface area contributed by atoms with Crippen molar-refractivity contribution in [3.63, 3.8) is 0 Å². The summed E-state index contributed by atoms with van der Waals surface area (Å²) in [6, 6.07) is 11.3. The fourth-order valence-electron chi connectivity index (χ4n) is 2.30. The zero-order valence-electron chi connectivity index (χ0n) is 15.0. The monoisotopic (exact) mass is 398 g/mol. The number of ether oxygens (including phenoxy) is 1. The van der Waals surface area contributed by atoms with E-state index in [9.17, 15) is 18.0 Å². The van der Waals surface area contributed by atoms with Crippen LogP contribution in [0.15, 0.2) is 47.4 Å². The zero-order valence-corrected chi connectivity index (χ0v) is 15.8. The van der Waals surface area contributed by atoms with Gasteiger partial charge in [-0.15, -0.1) is 0 Å². The summed E-state index contributed by atoms with van der Waals surface area (Å²) in [5, 5.41) is 3.03. The molecule has 8 heteroatoms. The molecule has 1 amide bonds. The van der Waals surface area contributed by atoms with Crippen molar-refractivity contribution >= 4 is 17.7 Å². The van der Waals surface area contributed by atoms with Crippen LogP contribution in [0.5, 0.6) is 5.75 Å². The summed E-state index contributed by atoms with van der Waals surface area (Å²) in [7, 11) is 0. The molecule has 0 bridgehead atoms. The second-order valence-corrected chi connectivity index (χ2v) is 7.22. The third-order valence-electron chi connectivity index (χ3n) is 3.83. The normalized spacial score (nSPS) is 12.6. The van der Waals surface area contributed by atoms with Crippen LogP contribution in [0.3, 0.4) is 0 Å². The molecule has 146 valence electrons. The first-order valence-electron chi connectivity index (χ1n) is 8.24. The summed E-state index contributed by atoms with van der Waals surface area (Å²) in [5.41, 5.74) is 3.61. The van der Waals surface area contributed by atoms with Gasteiger partial charge in [0.2, 0.25) is 5.91 Å². The highest BCUT2D eigenvalue weighted by Crippen LogP contribution is 2.36. The molecule has 0 unspecified atom stereocenters. The van der Waals surface area contributed by atoms with E-state index in [4.69, 9.17) is 10.5 Å². The summed E-state index contributed by atoms with van der Waals surface area (Å²) < 4.78 is 42.8. The van der Waals surface area contributed by atoms with Crippen LogP contribution in [0.1, 0.15) is 23.6 Å². The van der Waals surface area contributed by atoms with E-state index in [-0.39, 0.29) is 23.3 Å². The van der Waals surface area contributed by atoms with Crippen LogP contribution in [-0.4, -0.2) is 17.5 Å². The number of carbonyl (C=O) groups excluding carboxylic acids is 1. The van der Waals surface area contributed by atoms with E-state index < -0.39 is 17.5 Å². The Bertz CT molecular complexity index is 780. The molecule has 3 N–H and O–H groups in total. The minimum Gasteiger partial charge on any atom is -0.489 e. The minimum absolute atomic E-state index is 0.139. The van der Waals surface area contributed by atoms with E-state index in [1.807, 2.05) is 25.1 Å². The number of benzene rings is 2. The van der Waals surface area contributed by atoms with Crippen LogP contribution in [0, 0.1) is 6.92 Å². The molecule has 4 nitrogen and oxygen atoms in total. The van der Waals surface area contributed by atoms with Crippen LogP contribution < -0.4 is 15.8 Å². The molecule has 0 saturated carbocycles. The van der Waals surface area contributed by atoms with Gasteiger partial charge in [0, 0.05) is 11.4 Å². The van der Waals surface area contributed by atoms with Crippen LogP contribution >= 0.6 is 11.8 Å². The SMILES string of the molecule is Cc1cc(CN[C@@H](C)C(N)=O)ccc1OCc1ccc(SC(F)(F)F)cc1. The van der Waals surface area contributed by atoms with Gasteiger partial charge in [-0.05, 0) is 60.5 Å². The molecule has 2 aromatic carbocycles. The molecule has 0 radical (unpaired) electrons. The van der Waals surface area contributed by atoms with E-state index in [1.165, 1.54) is 12.1 Å². The van der Waals surface area contributed by atoms with Gasteiger partial charge in [-0.25, -0.2) is 0 Å². The first kappa shape index (κ1) is 21.1. The number of hydrogen-bond donors (Lipinski definition) is 2. The Morgan fingerprint density at radius 1 is 1.19 bits per heavy atom. The summed E-state index contributed by atoms with van der Waals surface area (Å²) in [5.74, 6) is 0.279. The summed E-state index contributed by atoms with van der Waals surface area (Å²) in [4.78, 5) is 11.2. The second-order valence-electron chi connectivity index (χ2n) is 6.09. The lowest BCUT2D eigenvalue weighted by atomic mass is 10.1. The average molecular weight is 398 g/mol. The van der Waals surface area contributed by atoms with Gasteiger partial charge in [0.15, 0.2) is 0 Å². The van der Waals surface area contributed by atoms with Crippen LogP contribution in [0.2, 0.25) is 0 Å². The predicted octanol–water partition coefficient (Wildman–Crippen LogP) is 4.15. The van der Waals surface area contributed by atoms with Gasteiger partial charge in [-0.1, -0.05) is 24.3 Å². The Kier molecular flexibility index (Phi) is 7.15. The van der Waals surface area contributed by atoms with Crippen molar-refractivity contribution in [1.29, 1.82) is 0 Å². The lowest BCUT2D eigenvalue weighted by Gasteiger charge is -2.13. The Morgan fingerprint density at radius 2 is 1.81 bits per heavy atom. The maximum Gasteiger partial charge on any atom is 0.446 e. The van der Waals surface area contributed by atoms with Gasteiger partial charge in [0.1, 0.15) is 12.4 Å². The Labute approximate surface area is 160 Å². The van der Waals surface area contributed by atoms with Crippen molar-refractivity contribution in [2.45, 2.75) is 43.4 Å². The van der Waals surface area contributed by atoms with Gasteiger partial charge in [-0.3, -0.25) is 4.79 Å². The van der Waals surface area contributed by atoms with Crippen LogP contribution in [0.4, 0.5) is 13.2 Å². The van der Waals surface area contributed by atoms with Gasteiger partial charge in [0.05, 0.1) is 6.04 Å². The molecule has 0 fully saturated rings. The molecule has 0 aliphatic carbocycles. The van der Waals surface area contributed by atoms with Gasteiger partial charge in [0.25, 0.3) is 0 Å². The van der Waals surface area contributed by atoms with E-state index >= 15 is 0 Å². The standard InChI is InChI=1S/C19H21F3N2O2S/c1-12-9-15(10-24-13(2)18(23)25)5-8-17(12)26-11-14-3-6-16(7-4-14)27-19(20,21)22/h3-9,13,24H,10-11H2,1-2H3,(H2,23,25)/t13-/m0/s1. The van der Waals surface area contributed by atoms with E-state index in [2.05, 4.69) is 5.32 Å². The van der Waals surface area contributed by atoms with E-state index in [1.54, 1.807) is 19.1 Å². The molecular weight excluding hydrogens is 377 g/mol. The number of hydrogen-bond acceptors (Lipinski definition) is 4. The lowest BCUT2D eigenvalue weighted by molar-refractivity contribution is -0.119. The predicted molar refractivity (Wildman–Crippen MR) is 99.4 cm³/mol. The average Bonchev–Trinajstić information content (AvgIpc) is 2.58. The Hall–Kier alpha value is -2.19. The smallest absolute Gasteiger partial charge is 0.446 e. The number of alkyl halides is 3. The molecule has 0 aliphatic heterocycles. The number of amides is 1. The number of primary amides is 1. The highest BCUT2D eigenvalue weighted by Gasteiger charge is 2.28. The third-order valence-corrected chi connectivity index (χ3v) is 4.57. The Balaban J connectivity index is 1.91. The molecule has 0 heterocycles.